The molecule has 0 rings (SSSR count). The van der Waals surface area contributed by atoms with Gasteiger partial charge in [-0.05, 0) is 141 Å². The Morgan fingerprint density at radius 1 is 0.259 bits per heavy atom. The van der Waals surface area contributed by atoms with Gasteiger partial charge in [0.15, 0.2) is 6.10 Å². The Kier molecular flexibility index (Phi) is 64.3. The molecule has 0 amide bonds. The summed E-state index contributed by atoms with van der Waals surface area (Å²) in [6.07, 6.45) is 96.0. The van der Waals surface area contributed by atoms with Crippen molar-refractivity contribution >= 4 is 17.9 Å². The Morgan fingerprint density at radius 2 is 0.481 bits per heavy atom. The first kappa shape index (κ1) is 76.5. The van der Waals surface area contributed by atoms with Gasteiger partial charge in [-0.2, -0.15) is 0 Å². The molecule has 0 spiro atoms. The number of esters is 3. The Balaban J connectivity index is 4.44. The van der Waals surface area contributed by atoms with Crippen LogP contribution in [0.2, 0.25) is 0 Å². The van der Waals surface area contributed by atoms with E-state index in [0.29, 0.717) is 19.3 Å². The fourth-order valence-electron chi connectivity index (χ4n) is 9.07. The quantitative estimate of drug-likeness (QED) is 0.0261. The lowest BCUT2D eigenvalue weighted by atomic mass is 10.1. The molecule has 0 aliphatic heterocycles. The van der Waals surface area contributed by atoms with Crippen molar-refractivity contribution in [1.29, 1.82) is 0 Å². The molecule has 81 heavy (non-hydrogen) atoms. The molecular formula is C75H124O6. The van der Waals surface area contributed by atoms with Crippen LogP contribution in [0.1, 0.15) is 303 Å². The second kappa shape index (κ2) is 68.1. The summed E-state index contributed by atoms with van der Waals surface area (Å²) in [5, 5.41) is 0. The van der Waals surface area contributed by atoms with Crippen molar-refractivity contribution in [2.75, 3.05) is 13.2 Å². The summed E-state index contributed by atoms with van der Waals surface area (Å²) in [4.78, 5) is 38.4. The van der Waals surface area contributed by atoms with E-state index in [0.717, 1.165) is 148 Å². The van der Waals surface area contributed by atoms with E-state index in [2.05, 4.69) is 154 Å². The standard InChI is InChI=1S/C75H124O6/c1-4-7-10-13-16-19-22-25-28-31-33-34-35-36-37-38-39-40-41-42-43-45-47-50-53-56-59-62-65-68-74(77)80-71-72(70-79-73(76)67-64-61-58-55-52-49-46-30-27-24-21-18-15-12-9-6-3)81-75(78)69-66-63-60-57-54-51-48-44-32-29-26-23-20-17-14-11-8-5-2/h7,10,16,19,21,24-25,28-30,32-34,36-37,39-40,42-43,46-47,50,72H,4-6,8-9,11-15,17-18,20,22-23,26-27,31,35,38,41,44-45,48-49,51-71H2,1-3H3/b10-7-,19-16-,24-21-,28-25-,32-29-,34-33-,37-36-,40-39-,43-42-,46-30-,50-47-. The van der Waals surface area contributed by atoms with E-state index in [1.807, 2.05) is 0 Å². The maximum absolute atomic E-state index is 12.9. The van der Waals surface area contributed by atoms with Crippen LogP contribution in [0.4, 0.5) is 0 Å². The highest BCUT2D eigenvalue weighted by atomic mass is 16.6. The van der Waals surface area contributed by atoms with Crippen LogP contribution >= 0.6 is 0 Å². The molecule has 0 saturated heterocycles. The number of rotatable bonds is 60. The Bertz CT molecular complexity index is 1720. The predicted octanol–water partition coefficient (Wildman–Crippen LogP) is 23.3. The van der Waals surface area contributed by atoms with Crippen LogP contribution in [0.25, 0.3) is 0 Å². The van der Waals surface area contributed by atoms with Crippen LogP contribution in [0, 0.1) is 0 Å². The molecule has 1 atom stereocenters. The fraction of sp³-hybridized carbons (Fsp3) is 0.667. The van der Waals surface area contributed by atoms with Crippen molar-refractivity contribution in [3.8, 4) is 0 Å². The summed E-state index contributed by atoms with van der Waals surface area (Å²) in [6.45, 7) is 6.49. The van der Waals surface area contributed by atoms with Crippen LogP contribution in [-0.2, 0) is 28.6 Å². The average Bonchev–Trinajstić information content (AvgIpc) is 3.47. The molecule has 460 valence electrons. The van der Waals surface area contributed by atoms with Crippen LogP contribution in [0.15, 0.2) is 134 Å². The van der Waals surface area contributed by atoms with Crippen molar-refractivity contribution in [1.82, 2.24) is 0 Å². The number of unbranched alkanes of at least 4 members (excludes halogenated alkanes) is 27. The van der Waals surface area contributed by atoms with Crippen LogP contribution in [0.3, 0.4) is 0 Å². The second-order valence-corrected chi connectivity index (χ2v) is 22.0. The maximum Gasteiger partial charge on any atom is 0.306 e. The molecule has 6 heteroatoms. The molecule has 0 saturated carbocycles. The van der Waals surface area contributed by atoms with Crippen molar-refractivity contribution in [2.24, 2.45) is 0 Å². The largest absolute Gasteiger partial charge is 0.462 e. The Morgan fingerprint density at radius 3 is 0.778 bits per heavy atom. The molecule has 0 fully saturated rings. The van der Waals surface area contributed by atoms with Gasteiger partial charge in [0.05, 0.1) is 0 Å². The summed E-state index contributed by atoms with van der Waals surface area (Å²) in [5.74, 6) is -0.935. The minimum Gasteiger partial charge on any atom is -0.462 e. The Hall–Kier alpha value is -4.45. The molecule has 6 nitrogen and oxygen atoms in total. The molecule has 0 aromatic rings. The highest BCUT2D eigenvalue weighted by molar-refractivity contribution is 5.71. The summed E-state index contributed by atoms with van der Waals surface area (Å²) >= 11 is 0. The summed E-state index contributed by atoms with van der Waals surface area (Å²) in [6, 6.07) is 0. The van der Waals surface area contributed by atoms with Gasteiger partial charge in [0.2, 0.25) is 0 Å². The zero-order valence-electron chi connectivity index (χ0n) is 52.8. The number of carbonyl (C=O) groups excluding carboxylic acids is 3. The van der Waals surface area contributed by atoms with E-state index in [9.17, 15) is 14.4 Å². The number of hydrogen-bond acceptors (Lipinski definition) is 6. The molecule has 0 aliphatic rings. The third-order valence-corrected chi connectivity index (χ3v) is 14.1. The molecule has 0 radical (unpaired) electrons. The lowest BCUT2D eigenvalue weighted by Gasteiger charge is -2.18. The molecule has 0 bridgehead atoms. The fourth-order valence-corrected chi connectivity index (χ4v) is 9.07. The van der Waals surface area contributed by atoms with Gasteiger partial charge in [-0.3, -0.25) is 14.4 Å². The maximum atomic E-state index is 12.9. The Labute approximate surface area is 500 Å². The normalized spacial score (nSPS) is 13.0. The number of hydrogen-bond donors (Lipinski definition) is 0. The van der Waals surface area contributed by atoms with E-state index < -0.39 is 6.10 Å². The van der Waals surface area contributed by atoms with Gasteiger partial charge in [0.25, 0.3) is 0 Å². The lowest BCUT2D eigenvalue weighted by Crippen LogP contribution is -2.30. The minimum absolute atomic E-state index is 0.0979. The first-order valence-corrected chi connectivity index (χ1v) is 33.7. The molecule has 0 aromatic heterocycles. The van der Waals surface area contributed by atoms with E-state index in [-0.39, 0.29) is 31.1 Å². The topological polar surface area (TPSA) is 78.9 Å². The van der Waals surface area contributed by atoms with Crippen molar-refractivity contribution in [2.45, 2.75) is 309 Å². The van der Waals surface area contributed by atoms with Gasteiger partial charge in [-0.15, -0.1) is 0 Å². The van der Waals surface area contributed by atoms with Crippen LogP contribution < -0.4 is 0 Å². The van der Waals surface area contributed by atoms with E-state index in [1.54, 1.807) is 0 Å². The molecule has 0 aromatic carbocycles. The highest BCUT2D eigenvalue weighted by Crippen LogP contribution is 2.15. The van der Waals surface area contributed by atoms with E-state index in [1.165, 1.54) is 116 Å². The number of allylic oxidation sites excluding steroid dienone is 22. The third-order valence-electron chi connectivity index (χ3n) is 14.1. The van der Waals surface area contributed by atoms with Gasteiger partial charge in [-0.1, -0.05) is 276 Å². The van der Waals surface area contributed by atoms with Crippen molar-refractivity contribution in [3.63, 3.8) is 0 Å². The first-order valence-electron chi connectivity index (χ1n) is 33.7. The smallest absolute Gasteiger partial charge is 0.306 e. The molecular weight excluding hydrogens is 997 g/mol. The highest BCUT2D eigenvalue weighted by Gasteiger charge is 2.19. The van der Waals surface area contributed by atoms with E-state index >= 15 is 0 Å². The van der Waals surface area contributed by atoms with Gasteiger partial charge in [0, 0.05) is 19.3 Å². The first-order chi connectivity index (χ1) is 40.0. The summed E-state index contributed by atoms with van der Waals surface area (Å²) in [7, 11) is 0. The van der Waals surface area contributed by atoms with Gasteiger partial charge in [0.1, 0.15) is 13.2 Å². The van der Waals surface area contributed by atoms with Gasteiger partial charge < -0.3 is 14.2 Å². The predicted molar refractivity (Wildman–Crippen MR) is 353 cm³/mol. The van der Waals surface area contributed by atoms with Crippen molar-refractivity contribution in [3.05, 3.63) is 134 Å². The van der Waals surface area contributed by atoms with Gasteiger partial charge >= 0.3 is 17.9 Å². The molecule has 0 heterocycles. The lowest BCUT2D eigenvalue weighted by molar-refractivity contribution is -0.167. The zero-order chi connectivity index (χ0) is 58.5. The molecule has 1 unspecified atom stereocenters. The molecule has 0 aliphatic carbocycles. The molecule has 0 N–H and O–H groups in total. The van der Waals surface area contributed by atoms with Crippen LogP contribution in [-0.4, -0.2) is 37.2 Å². The third kappa shape index (κ3) is 66.2. The average molecular weight is 1120 g/mol. The summed E-state index contributed by atoms with van der Waals surface area (Å²) < 4.78 is 16.9. The SMILES string of the molecule is CC/C=C\C/C=C\C/C=C\C/C=C\C/C=C\C/C=C\C/C=C\C/C=C\CCCCCCC(=O)OCC(COC(=O)CCCCCCC/C=C\C/C=C\CCCCCC)OC(=O)CCCCCCCCC/C=C\CCCCCCCCC. The zero-order valence-corrected chi connectivity index (χ0v) is 52.8. The minimum atomic E-state index is -0.803. The van der Waals surface area contributed by atoms with Crippen molar-refractivity contribution < 1.29 is 28.6 Å². The number of carbonyl (C=O) groups is 3. The second-order valence-electron chi connectivity index (χ2n) is 22.0. The monoisotopic (exact) mass is 1120 g/mol. The van der Waals surface area contributed by atoms with Gasteiger partial charge in [-0.25, -0.2) is 0 Å². The van der Waals surface area contributed by atoms with E-state index in [4.69, 9.17) is 14.2 Å². The summed E-state index contributed by atoms with van der Waals surface area (Å²) in [5.41, 5.74) is 0. The number of ether oxygens (including phenoxy) is 3. The van der Waals surface area contributed by atoms with Crippen LogP contribution in [0.5, 0.6) is 0 Å².